The van der Waals surface area contributed by atoms with Gasteiger partial charge in [0, 0.05) is 17.8 Å². The van der Waals surface area contributed by atoms with Gasteiger partial charge in [0.2, 0.25) is 11.8 Å². The molecule has 0 aromatic heterocycles. The van der Waals surface area contributed by atoms with Gasteiger partial charge in [-0.15, -0.1) is 0 Å². The number of hydrogen-bond donors (Lipinski definition) is 2. The number of amides is 2. The Kier molecular flexibility index (Phi) is 6.09. The summed E-state index contributed by atoms with van der Waals surface area (Å²) in [5.41, 5.74) is 1.79. The van der Waals surface area contributed by atoms with E-state index in [0.29, 0.717) is 5.71 Å². The monoisotopic (exact) mass is 315 g/mol. The van der Waals surface area contributed by atoms with Crippen molar-refractivity contribution in [2.24, 2.45) is 5.10 Å². The Hall–Kier alpha value is -2.38. The second-order valence-corrected chi connectivity index (χ2v) is 4.54. The van der Waals surface area contributed by atoms with E-state index < -0.39 is 17.6 Å². The van der Waals surface area contributed by atoms with Crippen molar-refractivity contribution in [3.63, 3.8) is 0 Å². The van der Waals surface area contributed by atoms with Crippen LogP contribution in [0.4, 0.5) is 18.9 Å². The summed E-state index contributed by atoms with van der Waals surface area (Å²) in [5, 5.41) is 6.06. The van der Waals surface area contributed by atoms with Crippen molar-refractivity contribution in [3.8, 4) is 0 Å². The third-order valence-electron chi connectivity index (χ3n) is 2.58. The maximum Gasteiger partial charge on any atom is 0.416 e. The van der Waals surface area contributed by atoms with Crippen molar-refractivity contribution >= 4 is 23.2 Å². The molecule has 0 aliphatic carbocycles. The summed E-state index contributed by atoms with van der Waals surface area (Å²) in [6.07, 6.45) is -4.35. The molecular weight excluding hydrogens is 299 g/mol. The first-order valence-corrected chi connectivity index (χ1v) is 6.51. The van der Waals surface area contributed by atoms with Crippen LogP contribution in [0.2, 0.25) is 0 Å². The van der Waals surface area contributed by atoms with Crippen LogP contribution in [0.1, 0.15) is 32.3 Å². The number of benzene rings is 1. The number of halogens is 3. The highest BCUT2D eigenvalue weighted by Gasteiger charge is 2.30. The van der Waals surface area contributed by atoms with Gasteiger partial charge in [-0.3, -0.25) is 9.59 Å². The zero-order valence-corrected chi connectivity index (χ0v) is 12.1. The molecule has 0 heterocycles. The first-order chi connectivity index (χ1) is 10.2. The number of carbonyl (C=O) groups excluding carboxylic acids is 2. The number of carbonyl (C=O) groups is 2. The van der Waals surface area contributed by atoms with Crippen molar-refractivity contribution < 1.29 is 22.8 Å². The standard InChI is InChI=1S/C14H16F3N3O2/c1-3-12(21)20-19-9(2)7-13(22)18-11-6-4-5-10(8-11)14(15,16)17/h4-6,8H,3,7H2,1-2H3,(H,18,22)(H,20,21)/b19-9+. The number of nitrogens with one attached hydrogen (secondary N) is 2. The molecule has 0 bridgehead atoms. The van der Waals surface area contributed by atoms with E-state index in [9.17, 15) is 22.8 Å². The Morgan fingerprint density at radius 1 is 1.23 bits per heavy atom. The van der Waals surface area contributed by atoms with Crippen LogP contribution in [0, 0.1) is 0 Å². The first-order valence-electron chi connectivity index (χ1n) is 6.51. The highest BCUT2D eigenvalue weighted by Crippen LogP contribution is 2.30. The normalized spacial score (nSPS) is 12.0. The molecule has 0 saturated carbocycles. The molecule has 120 valence electrons. The first kappa shape index (κ1) is 17.7. The maximum atomic E-state index is 12.6. The number of hydrazone groups is 1. The van der Waals surface area contributed by atoms with Crippen LogP contribution in [0.5, 0.6) is 0 Å². The molecule has 0 aliphatic rings. The van der Waals surface area contributed by atoms with E-state index in [1.54, 1.807) is 6.92 Å². The molecule has 1 aromatic carbocycles. The summed E-state index contributed by atoms with van der Waals surface area (Å²) < 4.78 is 37.7. The Bertz CT molecular complexity index is 583. The molecule has 1 aromatic rings. The van der Waals surface area contributed by atoms with Crippen LogP contribution in [-0.2, 0) is 15.8 Å². The topological polar surface area (TPSA) is 70.6 Å². The zero-order valence-electron chi connectivity index (χ0n) is 12.1. The summed E-state index contributed by atoms with van der Waals surface area (Å²) in [5.74, 6) is -0.816. The molecule has 22 heavy (non-hydrogen) atoms. The molecule has 0 spiro atoms. The van der Waals surface area contributed by atoms with E-state index in [2.05, 4.69) is 15.8 Å². The van der Waals surface area contributed by atoms with Crippen LogP contribution < -0.4 is 10.7 Å². The summed E-state index contributed by atoms with van der Waals surface area (Å²) in [6.45, 7) is 3.18. The smallest absolute Gasteiger partial charge is 0.326 e. The summed E-state index contributed by atoms with van der Waals surface area (Å²) >= 11 is 0. The molecule has 0 unspecified atom stereocenters. The lowest BCUT2D eigenvalue weighted by Crippen LogP contribution is -2.20. The minimum absolute atomic E-state index is 0.0465. The van der Waals surface area contributed by atoms with Crippen molar-refractivity contribution in [1.29, 1.82) is 0 Å². The van der Waals surface area contributed by atoms with E-state index >= 15 is 0 Å². The molecule has 2 N–H and O–H groups in total. The highest BCUT2D eigenvalue weighted by molar-refractivity contribution is 6.05. The quantitative estimate of drug-likeness (QED) is 0.648. The maximum absolute atomic E-state index is 12.6. The van der Waals surface area contributed by atoms with Gasteiger partial charge in [0.25, 0.3) is 0 Å². The van der Waals surface area contributed by atoms with Gasteiger partial charge in [-0.25, -0.2) is 5.43 Å². The molecular formula is C14H16F3N3O2. The molecule has 0 atom stereocenters. The highest BCUT2D eigenvalue weighted by atomic mass is 19.4. The van der Waals surface area contributed by atoms with Gasteiger partial charge in [-0.05, 0) is 25.1 Å². The summed E-state index contributed by atoms with van der Waals surface area (Å²) in [6, 6.07) is 4.34. The van der Waals surface area contributed by atoms with Gasteiger partial charge in [0.05, 0.1) is 12.0 Å². The number of anilines is 1. The lowest BCUT2D eigenvalue weighted by molar-refractivity contribution is -0.137. The fourth-order valence-corrected chi connectivity index (χ4v) is 1.49. The lowest BCUT2D eigenvalue weighted by atomic mass is 10.2. The summed E-state index contributed by atoms with van der Waals surface area (Å²) in [4.78, 5) is 22.7. The third kappa shape index (κ3) is 5.94. The molecule has 1 rings (SSSR count). The van der Waals surface area contributed by atoms with Crippen LogP contribution in [0.25, 0.3) is 0 Å². The van der Waals surface area contributed by atoms with E-state index in [0.717, 1.165) is 12.1 Å². The predicted molar refractivity (Wildman–Crippen MR) is 76.2 cm³/mol. The van der Waals surface area contributed by atoms with Crippen molar-refractivity contribution in [2.75, 3.05) is 5.32 Å². The van der Waals surface area contributed by atoms with Gasteiger partial charge in [0.15, 0.2) is 0 Å². The number of hydrogen-bond acceptors (Lipinski definition) is 3. The minimum atomic E-state index is -4.47. The van der Waals surface area contributed by atoms with Crippen LogP contribution in [-0.4, -0.2) is 17.5 Å². The van der Waals surface area contributed by atoms with Gasteiger partial charge in [-0.2, -0.15) is 18.3 Å². The minimum Gasteiger partial charge on any atom is -0.326 e. The Morgan fingerprint density at radius 3 is 2.50 bits per heavy atom. The van der Waals surface area contributed by atoms with E-state index in [1.807, 2.05) is 0 Å². The number of alkyl halides is 3. The lowest BCUT2D eigenvalue weighted by Gasteiger charge is -2.09. The molecule has 0 saturated heterocycles. The average molecular weight is 315 g/mol. The molecule has 0 aliphatic heterocycles. The van der Waals surface area contributed by atoms with Gasteiger partial charge in [0.1, 0.15) is 0 Å². The molecule has 2 amide bonds. The van der Waals surface area contributed by atoms with Crippen molar-refractivity contribution in [3.05, 3.63) is 29.8 Å². The second-order valence-electron chi connectivity index (χ2n) is 4.54. The predicted octanol–water partition coefficient (Wildman–Crippen LogP) is 2.94. The van der Waals surface area contributed by atoms with Gasteiger partial charge >= 0.3 is 6.18 Å². The zero-order chi connectivity index (χ0) is 16.8. The van der Waals surface area contributed by atoms with Crippen molar-refractivity contribution in [2.45, 2.75) is 32.9 Å². The fraction of sp³-hybridized carbons (Fsp3) is 0.357. The fourth-order valence-electron chi connectivity index (χ4n) is 1.49. The molecule has 0 fully saturated rings. The van der Waals surface area contributed by atoms with Crippen molar-refractivity contribution in [1.82, 2.24) is 5.43 Å². The van der Waals surface area contributed by atoms with E-state index in [-0.39, 0.29) is 24.4 Å². The van der Waals surface area contributed by atoms with E-state index in [4.69, 9.17) is 0 Å². The van der Waals surface area contributed by atoms with E-state index in [1.165, 1.54) is 19.1 Å². The Labute approximate surface area is 125 Å². The van der Waals surface area contributed by atoms with Gasteiger partial charge < -0.3 is 5.32 Å². The second kappa shape index (κ2) is 7.58. The van der Waals surface area contributed by atoms with Crippen LogP contribution in [0.3, 0.4) is 0 Å². The number of rotatable bonds is 5. The largest absolute Gasteiger partial charge is 0.416 e. The average Bonchev–Trinajstić information content (AvgIpc) is 2.43. The Balaban J connectivity index is 2.64. The Morgan fingerprint density at radius 2 is 1.91 bits per heavy atom. The SMILES string of the molecule is CCC(=O)N/N=C(\C)CC(=O)Nc1cccc(C(F)(F)F)c1. The summed E-state index contributed by atoms with van der Waals surface area (Å²) in [7, 11) is 0. The van der Waals surface area contributed by atoms with Crippen LogP contribution >= 0.6 is 0 Å². The third-order valence-corrected chi connectivity index (χ3v) is 2.58. The van der Waals surface area contributed by atoms with Gasteiger partial charge in [-0.1, -0.05) is 13.0 Å². The van der Waals surface area contributed by atoms with Crippen LogP contribution in [0.15, 0.2) is 29.4 Å². The molecule has 5 nitrogen and oxygen atoms in total. The molecule has 8 heteroatoms. The molecule has 0 radical (unpaired) electrons. The number of nitrogens with zero attached hydrogens (tertiary/aromatic N) is 1.